The molecule has 0 fully saturated rings. The zero-order chi connectivity index (χ0) is 9.80. The van der Waals surface area contributed by atoms with Gasteiger partial charge in [-0.3, -0.25) is 0 Å². The van der Waals surface area contributed by atoms with E-state index in [9.17, 15) is 0 Å². The van der Waals surface area contributed by atoms with E-state index in [0.717, 1.165) is 12.8 Å². The van der Waals surface area contributed by atoms with Crippen molar-refractivity contribution >= 4 is 15.9 Å². The van der Waals surface area contributed by atoms with Crippen LogP contribution in [0.25, 0.3) is 0 Å². The average Bonchev–Trinajstić information content (AvgIpc) is 2.19. The molecule has 1 heteroatoms. The van der Waals surface area contributed by atoms with E-state index >= 15 is 0 Å². The molecule has 0 heterocycles. The summed E-state index contributed by atoms with van der Waals surface area (Å²) in [6.07, 6.45) is 8.83. The van der Waals surface area contributed by atoms with Gasteiger partial charge in [0.15, 0.2) is 0 Å². The number of allylic oxidation sites excluding steroid dienone is 4. The Hall–Kier alpha value is -0.820. The van der Waals surface area contributed by atoms with Gasteiger partial charge in [0.2, 0.25) is 0 Å². The van der Waals surface area contributed by atoms with Crippen LogP contribution in [-0.4, -0.2) is 0 Å². The largest absolute Gasteiger partial charge is 0.0807 e. The second-order valence-corrected chi connectivity index (χ2v) is 4.67. The molecule has 1 aliphatic rings. The molecule has 0 N–H and O–H groups in total. The zero-order valence-electron chi connectivity index (χ0n) is 7.99. The summed E-state index contributed by atoms with van der Waals surface area (Å²) in [6.45, 7) is 0. The van der Waals surface area contributed by atoms with Crippen molar-refractivity contribution < 1.29 is 0 Å². The third kappa shape index (κ3) is 2.58. The van der Waals surface area contributed by atoms with Crippen molar-refractivity contribution in [3.05, 3.63) is 58.6 Å². The molecule has 1 aliphatic carbocycles. The van der Waals surface area contributed by atoms with Gasteiger partial charge in [-0.15, -0.1) is 0 Å². The number of halogens is 1. The molecule has 0 spiro atoms. The smallest absolute Gasteiger partial charge is 0.00435 e. The fraction of sp³-hybridized carbons (Fsp3) is 0.231. The van der Waals surface area contributed by atoms with Crippen LogP contribution in [0.4, 0.5) is 0 Å². The predicted molar refractivity (Wildman–Crippen MR) is 64.4 cm³/mol. The Morgan fingerprint density at radius 3 is 2.71 bits per heavy atom. The van der Waals surface area contributed by atoms with Gasteiger partial charge in [0.1, 0.15) is 0 Å². The minimum absolute atomic E-state index is 0.650. The summed E-state index contributed by atoms with van der Waals surface area (Å²) < 4.78 is 1.31. The fourth-order valence-corrected chi connectivity index (χ4v) is 2.33. The van der Waals surface area contributed by atoms with Crippen molar-refractivity contribution in [1.82, 2.24) is 0 Å². The van der Waals surface area contributed by atoms with E-state index in [1.165, 1.54) is 10.0 Å². The first-order chi connectivity index (χ1) is 6.84. The second-order valence-electron chi connectivity index (χ2n) is 3.65. The molecule has 72 valence electrons. The summed E-state index contributed by atoms with van der Waals surface area (Å²) in [5, 5.41) is 0. The molecule has 14 heavy (non-hydrogen) atoms. The molecule has 1 aromatic rings. The molecule has 0 aromatic heterocycles. The summed E-state index contributed by atoms with van der Waals surface area (Å²) in [7, 11) is 0. The molecular formula is C13H13Br. The van der Waals surface area contributed by atoms with E-state index in [4.69, 9.17) is 0 Å². The van der Waals surface area contributed by atoms with Crippen LogP contribution in [0.1, 0.15) is 12.0 Å². The van der Waals surface area contributed by atoms with Gasteiger partial charge >= 0.3 is 0 Å². The highest BCUT2D eigenvalue weighted by atomic mass is 79.9. The maximum atomic E-state index is 3.55. The topological polar surface area (TPSA) is 0 Å². The van der Waals surface area contributed by atoms with Crippen molar-refractivity contribution in [2.75, 3.05) is 0 Å². The summed E-state index contributed by atoms with van der Waals surface area (Å²) in [5.74, 6) is 0.650. The average molecular weight is 249 g/mol. The zero-order valence-corrected chi connectivity index (χ0v) is 9.57. The standard InChI is InChI=1S/C13H13Br/c14-13-8-4-7-12(10-13)9-11-5-2-1-3-6-11/h1-8,12H,9-10H2. The highest BCUT2D eigenvalue weighted by molar-refractivity contribution is 9.11. The van der Waals surface area contributed by atoms with Crippen molar-refractivity contribution in [3.63, 3.8) is 0 Å². The lowest BCUT2D eigenvalue weighted by Crippen LogP contribution is -2.03. The molecule has 0 nitrogen and oxygen atoms in total. The Bertz CT molecular complexity index is 349. The maximum Gasteiger partial charge on any atom is -0.00435 e. The summed E-state index contributed by atoms with van der Waals surface area (Å²) in [6, 6.07) is 10.7. The Kier molecular flexibility index (Phi) is 3.20. The Labute approximate surface area is 93.5 Å². The highest BCUT2D eigenvalue weighted by Crippen LogP contribution is 2.25. The van der Waals surface area contributed by atoms with E-state index in [-0.39, 0.29) is 0 Å². The van der Waals surface area contributed by atoms with Crippen molar-refractivity contribution in [1.29, 1.82) is 0 Å². The Morgan fingerprint density at radius 2 is 2.00 bits per heavy atom. The van der Waals surface area contributed by atoms with E-state index in [2.05, 4.69) is 64.5 Å². The van der Waals surface area contributed by atoms with Crippen LogP contribution in [0.5, 0.6) is 0 Å². The minimum atomic E-state index is 0.650. The minimum Gasteiger partial charge on any atom is -0.0807 e. The first kappa shape index (κ1) is 9.72. The van der Waals surface area contributed by atoms with E-state index in [1.54, 1.807) is 0 Å². The molecule has 0 bridgehead atoms. The molecule has 0 aliphatic heterocycles. The quantitative estimate of drug-likeness (QED) is 0.740. The van der Waals surface area contributed by atoms with Gasteiger partial charge < -0.3 is 0 Å². The van der Waals surface area contributed by atoms with Gasteiger partial charge in [0.25, 0.3) is 0 Å². The van der Waals surface area contributed by atoms with E-state index in [1.807, 2.05) is 0 Å². The van der Waals surface area contributed by atoms with Gasteiger partial charge in [0.05, 0.1) is 0 Å². The van der Waals surface area contributed by atoms with Gasteiger partial charge in [-0.25, -0.2) is 0 Å². The lowest BCUT2D eigenvalue weighted by atomic mass is 9.93. The lowest BCUT2D eigenvalue weighted by Gasteiger charge is -2.15. The molecule has 0 saturated heterocycles. The lowest BCUT2D eigenvalue weighted by molar-refractivity contribution is 0.649. The van der Waals surface area contributed by atoms with Crippen LogP contribution >= 0.6 is 15.9 Å². The summed E-state index contributed by atoms with van der Waals surface area (Å²) in [4.78, 5) is 0. The molecular weight excluding hydrogens is 236 g/mol. The molecule has 0 saturated carbocycles. The van der Waals surface area contributed by atoms with Crippen LogP contribution in [0.3, 0.4) is 0 Å². The fourth-order valence-electron chi connectivity index (χ4n) is 1.76. The van der Waals surface area contributed by atoms with E-state index < -0.39 is 0 Å². The molecule has 0 radical (unpaired) electrons. The molecule has 1 aromatic carbocycles. The molecule has 1 atom stereocenters. The van der Waals surface area contributed by atoms with Crippen molar-refractivity contribution in [3.8, 4) is 0 Å². The van der Waals surface area contributed by atoms with Crippen LogP contribution in [0.15, 0.2) is 53.0 Å². The normalized spacial score (nSPS) is 20.6. The first-order valence-corrected chi connectivity index (χ1v) is 5.70. The molecule has 2 rings (SSSR count). The number of hydrogen-bond donors (Lipinski definition) is 0. The third-order valence-corrected chi connectivity index (χ3v) is 3.05. The highest BCUT2D eigenvalue weighted by Gasteiger charge is 2.09. The number of benzene rings is 1. The maximum absolute atomic E-state index is 3.55. The molecule has 1 unspecified atom stereocenters. The van der Waals surface area contributed by atoms with Crippen molar-refractivity contribution in [2.45, 2.75) is 12.8 Å². The van der Waals surface area contributed by atoms with Crippen LogP contribution < -0.4 is 0 Å². The molecule has 0 amide bonds. The van der Waals surface area contributed by atoms with Gasteiger partial charge in [-0.2, -0.15) is 0 Å². The third-order valence-electron chi connectivity index (χ3n) is 2.46. The summed E-state index contributed by atoms with van der Waals surface area (Å²) >= 11 is 3.55. The predicted octanol–water partition coefficient (Wildman–Crippen LogP) is 4.08. The van der Waals surface area contributed by atoms with Crippen LogP contribution in [0, 0.1) is 5.92 Å². The van der Waals surface area contributed by atoms with Gasteiger partial charge in [-0.05, 0) is 28.8 Å². The van der Waals surface area contributed by atoms with Crippen LogP contribution in [0.2, 0.25) is 0 Å². The van der Waals surface area contributed by atoms with Gasteiger partial charge in [0, 0.05) is 0 Å². The van der Waals surface area contributed by atoms with Crippen LogP contribution in [-0.2, 0) is 6.42 Å². The number of hydrogen-bond acceptors (Lipinski definition) is 0. The van der Waals surface area contributed by atoms with Crippen molar-refractivity contribution in [2.24, 2.45) is 5.92 Å². The van der Waals surface area contributed by atoms with E-state index in [0.29, 0.717) is 5.92 Å². The summed E-state index contributed by atoms with van der Waals surface area (Å²) in [5.41, 5.74) is 1.42. The Balaban J connectivity index is 2.00. The Morgan fingerprint density at radius 1 is 1.21 bits per heavy atom. The SMILES string of the molecule is BrC1=CC=CC(Cc2ccccc2)C1. The number of rotatable bonds is 2. The second kappa shape index (κ2) is 4.61. The van der Waals surface area contributed by atoms with Gasteiger partial charge in [-0.1, -0.05) is 64.5 Å². The monoisotopic (exact) mass is 248 g/mol. The first-order valence-electron chi connectivity index (χ1n) is 4.91.